The Morgan fingerprint density at radius 3 is 2.12 bits per heavy atom. The third kappa shape index (κ3) is 5.18. The number of Topliss-reactive ketones (excluding diaryl/α,β-unsaturated/α-hetero) is 1. The van der Waals surface area contributed by atoms with Gasteiger partial charge < -0.3 is 9.80 Å². The van der Waals surface area contributed by atoms with Crippen molar-refractivity contribution in [2.75, 3.05) is 33.7 Å². The first-order valence-corrected chi connectivity index (χ1v) is 12.5. The van der Waals surface area contributed by atoms with E-state index in [1.807, 2.05) is 12.1 Å². The van der Waals surface area contributed by atoms with Crippen LogP contribution in [0.3, 0.4) is 0 Å². The molecule has 0 aliphatic heterocycles. The lowest BCUT2D eigenvalue weighted by molar-refractivity contribution is -0.882. The van der Waals surface area contributed by atoms with Crippen LogP contribution < -0.4 is 5.32 Å². The molecule has 4 aromatic carbocycles. The summed E-state index contributed by atoms with van der Waals surface area (Å²) in [5.41, 5.74) is 0.751. The predicted octanol–water partition coefficient (Wildman–Crippen LogP) is 5.39. The number of likely N-dealkylation sites (N-methyl/N-ethyl adjacent to an activating group) is 1. The number of rotatable bonds is 10. The van der Waals surface area contributed by atoms with Crippen molar-refractivity contribution in [2.45, 2.75) is 31.8 Å². The van der Waals surface area contributed by atoms with E-state index in [2.05, 4.69) is 78.0 Å². The summed E-state index contributed by atoms with van der Waals surface area (Å²) in [4.78, 5) is 25.3. The highest BCUT2D eigenvalue weighted by Gasteiger charge is 2.22. The number of nitrogens with one attached hydrogen (secondary N) is 1. The number of quaternary nitrogens is 1. The average Bonchev–Trinajstić information content (AvgIpc) is 2.79. The molecule has 0 aromatic heterocycles. The molecule has 2 unspecified atom stereocenters. The van der Waals surface area contributed by atoms with Crippen LogP contribution in [-0.4, -0.2) is 55.6 Å². The monoisotopic (exact) mass is 461 g/mol. The van der Waals surface area contributed by atoms with Gasteiger partial charge in [0, 0.05) is 18.5 Å². The fourth-order valence-corrected chi connectivity index (χ4v) is 5.22. The molecule has 0 bridgehead atoms. The molecule has 172 valence electrons. The van der Waals surface area contributed by atoms with Crippen LogP contribution in [0.25, 0.3) is 32.3 Å². The maximum absolute atomic E-state index is 13.2. The van der Waals surface area contributed by atoms with Gasteiger partial charge in [0.1, 0.15) is 6.54 Å². The minimum absolute atomic E-state index is 0.0183. The summed E-state index contributed by atoms with van der Waals surface area (Å²) in [5.74, 6) is 0.250. The minimum Gasteiger partial charge on any atom is -0.355 e. The largest absolute Gasteiger partial charge is 0.355 e. The van der Waals surface area contributed by atoms with Gasteiger partial charge in [0.2, 0.25) is 11.7 Å². The number of hydrogen-bond donors (Lipinski definition) is 1. The molecule has 2 atom stereocenters. The Labute approximate surface area is 198 Å². The van der Waals surface area contributed by atoms with Crippen molar-refractivity contribution in [2.24, 2.45) is 0 Å². The molecule has 1 amide bonds. The highest BCUT2D eigenvalue weighted by atomic mass is 31.0. The van der Waals surface area contributed by atoms with Gasteiger partial charge in [-0.25, -0.2) is 0 Å². The maximum atomic E-state index is 13.2. The van der Waals surface area contributed by atoms with Gasteiger partial charge in [-0.2, -0.15) is 0 Å². The van der Waals surface area contributed by atoms with Crippen LogP contribution in [0.15, 0.2) is 54.6 Å². The van der Waals surface area contributed by atoms with E-state index >= 15 is 0 Å². The zero-order valence-electron chi connectivity index (χ0n) is 19.9. The Hall–Kier alpha value is -2.55. The lowest BCUT2D eigenvalue weighted by atomic mass is 9.92. The second-order valence-electron chi connectivity index (χ2n) is 9.79. The van der Waals surface area contributed by atoms with Crippen molar-refractivity contribution < 1.29 is 14.1 Å². The third-order valence-corrected chi connectivity index (χ3v) is 7.17. The van der Waals surface area contributed by atoms with E-state index in [1.165, 1.54) is 21.5 Å². The normalized spacial score (nSPS) is 13.1. The van der Waals surface area contributed by atoms with E-state index < -0.39 is 0 Å². The Morgan fingerprint density at radius 2 is 1.52 bits per heavy atom. The Morgan fingerprint density at radius 1 is 0.939 bits per heavy atom. The molecule has 0 fully saturated rings. The molecule has 4 rings (SSSR count). The van der Waals surface area contributed by atoms with Crippen molar-refractivity contribution in [3.05, 3.63) is 60.2 Å². The van der Waals surface area contributed by atoms with Crippen LogP contribution in [0, 0.1) is 0 Å². The van der Waals surface area contributed by atoms with E-state index in [9.17, 15) is 9.59 Å². The first kappa shape index (κ1) is 23.6. The van der Waals surface area contributed by atoms with Crippen molar-refractivity contribution in [1.29, 1.82) is 0 Å². The molecule has 0 radical (unpaired) electrons. The number of carbonyl (C=O) groups is 2. The van der Waals surface area contributed by atoms with Gasteiger partial charge in [-0.05, 0) is 50.9 Å². The number of carbonyl (C=O) groups excluding carboxylic acids is 2. The molecule has 0 aliphatic carbocycles. The van der Waals surface area contributed by atoms with Gasteiger partial charge in [0.15, 0.2) is 0 Å². The highest BCUT2D eigenvalue weighted by molar-refractivity contribution is 7.19. The van der Waals surface area contributed by atoms with Crippen molar-refractivity contribution in [3.63, 3.8) is 0 Å². The Kier molecular flexibility index (Phi) is 6.97. The topological polar surface area (TPSA) is 46.2 Å². The minimum atomic E-state index is -0.0183. The van der Waals surface area contributed by atoms with E-state index in [0.29, 0.717) is 17.6 Å². The van der Waals surface area contributed by atoms with Gasteiger partial charge in [-0.15, -0.1) is 9.24 Å². The first-order valence-electron chi connectivity index (χ1n) is 11.8. The number of amides is 1. The number of ketones is 1. The fraction of sp³-hybridized carbons (Fsp3) is 0.357. The van der Waals surface area contributed by atoms with Crippen molar-refractivity contribution >= 4 is 53.2 Å². The molecule has 0 saturated heterocycles. The van der Waals surface area contributed by atoms with Gasteiger partial charge >= 0.3 is 0 Å². The molecular weight excluding hydrogens is 427 g/mol. The number of benzene rings is 4. The molecule has 4 nitrogen and oxygen atoms in total. The third-order valence-electron chi connectivity index (χ3n) is 6.53. The summed E-state index contributed by atoms with van der Waals surface area (Å²) in [5, 5.41) is 10.2. The van der Waals surface area contributed by atoms with Crippen LogP contribution in [-0.2, 0) is 4.79 Å². The predicted molar refractivity (Wildman–Crippen MR) is 142 cm³/mol. The summed E-state index contributed by atoms with van der Waals surface area (Å²) < 4.78 is 0.596. The standard InChI is InChI=1S/C28H33N2O2P/c1-4-7-25(33)28(32)29-14-6-15-30(2,3)18-24(31)23-16-21-12-10-19-8-5-9-20-11-13-22(17-23)27(21)26(19)20/h5,8-13,16-17,25H,4,6-7,14-15,18,33H2,1-3H3/p+1. The summed E-state index contributed by atoms with van der Waals surface area (Å²) in [6, 6.07) is 19.0. The molecule has 5 heteroatoms. The lowest BCUT2D eigenvalue weighted by Crippen LogP contribution is -2.45. The molecular formula is C28H34N2O2P+. The highest BCUT2D eigenvalue weighted by Crippen LogP contribution is 2.35. The van der Waals surface area contributed by atoms with Crippen molar-refractivity contribution in [1.82, 2.24) is 5.32 Å². The van der Waals surface area contributed by atoms with E-state index in [0.717, 1.165) is 42.1 Å². The molecule has 33 heavy (non-hydrogen) atoms. The molecule has 0 saturated carbocycles. The molecule has 1 N–H and O–H groups in total. The summed E-state index contributed by atoms with van der Waals surface area (Å²) in [6.45, 7) is 3.99. The van der Waals surface area contributed by atoms with E-state index in [1.54, 1.807) is 0 Å². The second-order valence-corrected chi connectivity index (χ2v) is 10.6. The lowest BCUT2D eigenvalue weighted by Gasteiger charge is -2.29. The van der Waals surface area contributed by atoms with Gasteiger partial charge in [0.05, 0.1) is 26.3 Å². The van der Waals surface area contributed by atoms with E-state index in [-0.39, 0.29) is 17.3 Å². The van der Waals surface area contributed by atoms with Crippen LogP contribution >= 0.6 is 9.24 Å². The summed E-state index contributed by atoms with van der Waals surface area (Å²) in [7, 11) is 6.79. The first-order chi connectivity index (χ1) is 15.8. The Balaban J connectivity index is 1.44. The maximum Gasteiger partial charge on any atom is 0.226 e. The SMILES string of the molecule is CCCC(P)C(=O)NCCC[N+](C)(C)CC(=O)c1cc2ccc3cccc4ccc(c1)c2c34. The zero-order valence-corrected chi connectivity index (χ0v) is 21.0. The Bertz CT molecular complexity index is 1230. The van der Waals surface area contributed by atoms with Crippen LogP contribution in [0.5, 0.6) is 0 Å². The van der Waals surface area contributed by atoms with Crippen LogP contribution in [0.2, 0.25) is 0 Å². The summed E-state index contributed by atoms with van der Waals surface area (Å²) in [6.07, 6.45) is 2.72. The molecule has 0 heterocycles. The average molecular weight is 462 g/mol. The quantitative estimate of drug-likeness (QED) is 0.113. The summed E-state index contributed by atoms with van der Waals surface area (Å²) >= 11 is 0. The van der Waals surface area contributed by atoms with Crippen LogP contribution in [0.1, 0.15) is 36.5 Å². The molecule has 0 spiro atoms. The molecule has 4 aromatic rings. The number of hydrogen-bond acceptors (Lipinski definition) is 2. The molecule has 0 aliphatic rings. The van der Waals surface area contributed by atoms with Gasteiger partial charge in [-0.1, -0.05) is 55.8 Å². The number of nitrogens with zero attached hydrogens (tertiary/aromatic N) is 1. The van der Waals surface area contributed by atoms with Gasteiger partial charge in [0.25, 0.3) is 0 Å². The zero-order chi connectivity index (χ0) is 23.6. The van der Waals surface area contributed by atoms with Crippen LogP contribution in [0.4, 0.5) is 0 Å². The van der Waals surface area contributed by atoms with Crippen molar-refractivity contribution in [3.8, 4) is 0 Å². The fourth-order valence-electron chi connectivity index (χ4n) is 4.77. The van der Waals surface area contributed by atoms with E-state index in [4.69, 9.17) is 0 Å². The second kappa shape index (κ2) is 9.75. The van der Waals surface area contributed by atoms with Gasteiger partial charge in [-0.3, -0.25) is 9.59 Å². The smallest absolute Gasteiger partial charge is 0.226 e.